The average molecular weight is 259 g/mol. The molecule has 0 spiro atoms. The van der Waals surface area contributed by atoms with Crippen LogP contribution in [0.25, 0.3) is 0 Å². The Labute approximate surface area is 116 Å². The summed E-state index contributed by atoms with van der Waals surface area (Å²) in [7, 11) is 0. The molecule has 2 heteroatoms. The van der Waals surface area contributed by atoms with Gasteiger partial charge in [0.05, 0.1) is 5.54 Å². The van der Waals surface area contributed by atoms with Gasteiger partial charge in [0, 0.05) is 5.56 Å². The highest BCUT2D eigenvalue weighted by Crippen LogP contribution is 2.29. The zero-order chi connectivity index (χ0) is 13.7. The molecule has 0 unspecified atom stereocenters. The fourth-order valence-corrected chi connectivity index (χ4v) is 3.19. The maximum Gasteiger partial charge on any atom is 0.182 e. The van der Waals surface area contributed by atoms with Gasteiger partial charge in [-0.1, -0.05) is 50.1 Å². The monoisotopic (exact) mass is 259 g/mol. The van der Waals surface area contributed by atoms with Crippen molar-refractivity contribution in [1.82, 2.24) is 4.90 Å². The van der Waals surface area contributed by atoms with E-state index in [0.717, 1.165) is 31.5 Å². The summed E-state index contributed by atoms with van der Waals surface area (Å²) in [6, 6.07) is 9.76. The first kappa shape index (κ1) is 14.3. The second-order valence-electron chi connectivity index (χ2n) is 5.77. The van der Waals surface area contributed by atoms with E-state index in [1.54, 1.807) is 0 Å². The lowest BCUT2D eigenvalue weighted by Crippen LogP contribution is -2.54. The summed E-state index contributed by atoms with van der Waals surface area (Å²) < 4.78 is 0. The Morgan fingerprint density at radius 3 is 2.37 bits per heavy atom. The fraction of sp³-hybridized carbons (Fsp3) is 0.588. The minimum Gasteiger partial charge on any atom is -0.292 e. The van der Waals surface area contributed by atoms with Crippen LogP contribution in [0.5, 0.6) is 0 Å². The molecule has 104 valence electrons. The van der Waals surface area contributed by atoms with Gasteiger partial charge in [0.2, 0.25) is 0 Å². The molecule has 1 saturated heterocycles. The van der Waals surface area contributed by atoms with Crippen molar-refractivity contribution in [2.45, 2.75) is 51.5 Å². The van der Waals surface area contributed by atoms with Crippen LogP contribution in [-0.4, -0.2) is 29.3 Å². The quantitative estimate of drug-likeness (QED) is 0.747. The van der Waals surface area contributed by atoms with Gasteiger partial charge in [0.25, 0.3) is 0 Å². The molecule has 0 aliphatic carbocycles. The molecule has 0 saturated carbocycles. The van der Waals surface area contributed by atoms with Crippen molar-refractivity contribution in [3.05, 3.63) is 35.9 Å². The van der Waals surface area contributed by atoms with Crippen LogP contribution < -0.4 is 0 Å². The Morgan fingerprint density at radius 2 is 1.79 bits per heavy atom. The number of benzene rings is 1. The van der Waals surface area contributed by atoms with E-state index in [1.807, 2.05) is 30.3 Å². The van der Waals surface area contributed by atoms with Gasteiger partial charge in [-0.3, -0.25) is 9.69 Å². The number of nitrogens with zero attached hydrogens (tertiary/aromatic N) is 1. The Bertz CT molecular complexity index is 409. The molecule has 19 heavy (non-hydrogen) atoms. The van der Waals surface area contributed by atoms with Crippen LogP contribution >= 0.6 is 0 Å². The summed E-state index contributed by atoms with van der Waals surface area (Å²) in [6.45, 7) is 6.43. The molecule has 0 radical (unpaired) electrons. The normalized spacial score (nSPS) is 19.9. The summed E-state index contributed by atoms with van der Waals surface area (Å²) in [5.74, 6) is 0.289. The maximum absolute atomic E-state index is 12.9. The molecule has 2 nitrogen and oxygen atoms in total. The van der Waals surface area contributed by atoms with Crippen LogP contribution in [0, 0.1) is 0 Å². The number of carbonyl (C=O) groups is 1. The second-order valence-corrected chi connectivity index (χ2v) is 5.77. The van der Waals surface area contributed by atoms with E-state index in [-0.39, 0.29) is 11.3 Å². The van der Waals surface area contributed by atoms with E-state index in [4.69, 9.17) is 0 Å². The molecule has 1 atom stereocenters. The number of piperidine rings is 1. The molecule has 0 N–H and O–H groups in total. The van der Waals surface area contributed by atoms with Crippen LogP contribution in [0.3, 0.4) is 0 Å². The maximum atomic E-state index is 12.9. The highest BCUT2D eigenvalue weighted by molar-refractivity contribution is 6.02. The van der Waals surface area contributed by atoms with Gasteiger partial charge in [-0.15, -0.1) is 0 Å². The van der Waals surface area contributed by atoms with Crippen LogP contribution in [-0.2, 0) is 0 Å². The van der Waals surface area contributed by atoms with Crippen LogP contribution in [0.4, 0.5) is 0 Å². The minimum atomic E-state index is -0.323. The number of ketones is 1. The average Bonchev–Trinajstić information content (AvgIpc) is 2.48. The number of hydrogen-bond acceptors (Lipinski definition) is 2. The van der Waals surface area contributed by atoms with Gasteiger partial charge in [0.1, 0.15) is 0 Å². The zero-order valence-corrected chi connectivity index (χ0v) is 12.2. The van der Waals surface area contributed by atoms with Crippen molar-refractivity contribution in [3.8, 4) is 0 Å². The first-order chi connectivity index (χ1) is 9.18. The standard InChI is InChI=1S/C17H25NO/c1-3-12-17(2,18-13-8-5-9-14-18)16(19)15-10-6-4-7-11-15/h4,6-7,10-11H,3,5,8-9,12-14H2,1-2H3/t17-/m0/s1. The lowest BCUT2D eigenvalue weighted by molar-refractivity contribution is 0.0485. The van der Waals surface area contributed by atoms with Crippen molar-refractivity contribution >= 4 is 5.78 Å². The first-order valence-electron chi connectivity index (χ1n) is 7.53. The minimum absolute atomic E-state index is 0.289. The molecule has 1 aliphatic heterocycles. The largest absolute Gasteiger partial charge is 0.292 e. The van der Waals surface area contributed by atoms with Crippen molar-refractivity contribution in [1.29, 1.82) is 0 Å². The van der Waals surface area contributed by atoms with E-state index >= 15 is 0 Å². The van der Waals surface area contributed by atoms with Crippen LogP contribution in [0.2, 0.25) is 0 Å². The fourth-order valence-electron chi connectivity index (χ4n) is 3.19. The Hall–Kier alpha value is -1.15. The molecular formula is C17H25NO. The van der Waals surface area contributed by atoms with Crippen molar-refractivity contribution < 1.29 is 4.79 Å². The van der Waals surface area contributed by atoms with Gasteiger partial charge in [-0.2, -0.15) is 0 Å². The van der Waals surface area contributed by atoms with E-state index in [1.165, 1.54) is 19.3 Å². The number of Topliss-reactive ketones (excluding diaryl/α,β-unsaturated/α-hetero) is 1. The van der Waals surface area contributed by atoms with Gasteiger partial charge >= 0.3 is 0 Å². The number of likely N-dealkylation sites (tertiary alicyclic amines) is 1. The molecule has 2 rings (SSSR count). The third kappa shape index (κ3) is 3.06. The summed E-state index contributed by atoms with van der Waals surface area (Å²) in [5, 5.41) is 0. The molecule has 1 aromatic rings. The van der Waals surface area contributed by atoms with Gasteiger partial charge < -0.3 is 0 Å². The van der Waals surface area contributed by atoms with Crippen molar-refractivity contribution in [2.24, 2.45) is 0 Å². The van der Waals surface area contributed by atoms with Crippen molar-refractivity contribution in [2.75, 3.05) is 13.1 Å². The molecule has 1 aliphatic rings. The summed E-state index contributed by atoms with van der Waals surface area (Å²) >= 11 is 0. The molecule has 0 bridgehead atoms. The molecular weight excluding hydrogens is 234 g/mol. The van der Waals surface area contributed by atoms with E-state index < -0.39 is 0 Å². The predicted octanol–water partition coefficient (Wildman–Crippen LogP) is 3.91. The van der Waals surface area contributed by atoms with E-state index in [9.17, 15) is 4.79 Å². The third-order valence-electron chi connectivity index (χ3n) is 4.32. The molecule has 1 heterocycles. The first-order valence-corrected chi connectivity index (χ1v) is 7.53. The lowest BCUT2D eigenvalue weighted by atomic mass is 9.84. The smallest absolute Gasteiger partial charge is 0.182 e. The lowest BCUT2D eigenvalue weighted by Gasteiger charge is -2.42. The Morgan fingerprint density at radius 1 is 1.16 bits per heavy atom. The van der Waals surface area contributed by atoms with Gasteiger partial charge in [0.15, 0.2) is 5.78 Å². The summed E-state index contributed by atoms with van der Waals surface area (Å²) in [4.78, 5) is 15.3. The summed E-state index contributed by atoms with van der Waals surface area (Å²) in [5.41, 5.74) is 0.528. The van der Waals surface area contributed by atoms with Crippen LogP contribution in [0.1, 0.15) is 56.3 Å². The van der Waals surface area contributed by atoms with Gasteiger partial charge in [-0.25, -0.2) is 0 Å². The summed E-state index contributed by atoms with van der Waals surface area (Å²) in [6.07, 6.45) is 5.74. The molecule has 1 fully saturated rings. The van der Waals surface area contributed by atoms with Gasteiger partial charge in [-0.05, 0) is 39.3 Å². The predicted molar refractivity (Wildman–Crippen MR) is 79.5 cm³/mol. The highest BCUT2D eigenvalue weighted by atomic mass is 16.1. The molecule has 0 amide bonds. The number of carbonyl (C=O) groups excluding carboxylic acids is 1. The highest BCUT2D eigenvalue weighted by Gasteiger charge is 2.39. The third-order valence-corrected chi connectivity index (χ3v) is 4.32. The van der Waals surface area contributed by atoms with Crippen LogP contribution in [0.15, 0.2) is 30.3 Å². The topological polar surface area (TPSA) is 20.3 Å². The molecule has 0 aromatic heterocycles. The SMILES string of the molecule is CCC[C@@](C)(C(=O)c1ccccc1)N1CCCCC1. The second kappa shape index (κ2) is 6.33. The Kier molecular flexibility index (Phi) is 4.76. The zero-order valence-electron chi connectivity index (χ0n) is 12.2. The van der Waals surface area contributed by atoms with E-state index in [2.05, 4.69) is 18.7 Å². The molecule has 1 aromatic carbocycles. The number of rotatable bonds is 5. The van der Waals surface area contributed by atoms with Crippen molar-refractivity contribution in [3.63, 3.8) is 0 Å². The number of hydrogen-bond donors (Lipinski definition) is 0. The van der Waals surface area contributed by atoms with E-state index in [0.29, 0.717) is 0 Å². The Balaban J connectivity index is 2.25.